The quantitative estimate of drug-likeness (QED) is 0.271. The van der Waals surface area contributed by atoms with Crippen LogP contribution in [0, 0.1) is 0 Å². The number of rotatable bonds is 12. The predicted octanol–water partition coefficient (Wildman–Crippen LogP) is 5.27. The summed E-state index contributed by atoms with van der Waals surface area (Å²) in [5.41, 5.74) is 2.81. The van der Waals surface area contributed by atoms with Gasteiger partial charge < -0.3 is 14.1 Å². The van der Waals surface area contributed by atoms with E-state index in [1.807, 2.05) is 48.5 Å². The zero-order valence-corrected chi connectivity index (χ0v) is 20.6. The molecule has 0 saturated heterocycles. The fraction of sp³-hybridized carbons (Fsp3) is 0.300. The molecule has 2 aromatic carbocycles. The first kappa shape index (κ1) is 23.3. The van der Waals surface area contributed by atoms with Crippen LogP contribution in [0.5, 0.6) is 5.75 Å². The van der Waals surface area contributed by atoms with Crippen LogP contribution in [-0.2, 0) is 16.1 Å². The number of furan rings is 1. The predicted molar refractivity (Wildman–Crippen MR) is 139 cm³/mol. The second kappa shape index (κ2) is 11.3. The SMILES string of the molecule is [2H]C1(N(Cc2ccccc2OCCCCCC2=CC(=O)NC2=O)C(=O)c2ccc(-c3ccco3)cc2)CC1. The topological polar surface area (TPSA) is 88.9 Å². The zero-order valence-electron chi connectivity index (χ0n) is 21.6. The van der Waals surface area contributed by atoms with Crippen LogP contribution in [-0.4, -0.2) is 35.2 Å². The van der Waals surface area contributed by atoms with Gasteiger partial charge in [-0.3, -0.25) is 19.7 Å². The Labute approximate surface area is 217 Å². The van der Waals surface area contributed by atoms with E-state index < -0.39 is 6.02 Å². The van der Waals surface area contributed by atoms with Gasteiger partial charge in [0.1, 0.15) is 11.5 Å². The number of para-hydroxylation sites is 1. The van der Waals surface area contributed by atoms with Crippen LogP contribution < -0.4 is 10.1 Å². The lowest BCUT2D eigenvalue weighted by atomic mass is 10.1. The van der Waals surface area contributed by atoms with Crippen molar-refractivity contribution in [3.05, 3.63) is 89.7 Å². The van der Waals surface area contributed by atoms with Gasteiger partial charge in [-0.15, -0.1) is 0 Å². The van der Waals surface area contributed by atoms with E-state index in [2.05, 4.69) is 5.32 Å². The van der Waals surface area contributed by atoms with E-state index in [0.717, 1.165) is 36.1 Å². The van der Waals surface area contributed by atoms with Gasteiger partial charge in [0, 0.05) is 40.9 Å². The van der Waals surface area contributed by atoms with Gasteiger partial charge in [-0.2, -0.15) is 0 Å². The first-order chi connectivity index (χ1) is 18.4. The highest BCUT2D eigenvalue weighted by Crippen LogP contribution is 2.32. The molecule has 190 valence electrons. The second-order valence-electron chi connectivity index (χ2n) is 9.27. The zero-order chi connectivity index (χ0) is 26.5. The molecule has 1 saturated carbocycles. The van der Waals surface area contributed by atoms with Gasteiger partial charge in [0.25, 0.3) is 17.7 Å². The molecule has 37 heavy (non-hydrogen) atoms. The van der Waals surface area contributed by atoms with Gasteiger partial charge >= 0.3 is 0 Å². The van der Waals surface area contributed by atoms with Crippen molar-refractivity contribution < 1.29 is 24.9 Å². The van der Waals surface area contributed by atoms with Crippen LogP contribution in [0.2, 0.25) is 0 Å². The van der Waals surface area contributed by atoms with E-state index in [-0.39, 0.29) is 24.3 Å². The minimum Gasteiger partial charge on any atom is -0.493 e. The third-order valence-corrected chi connectivity index (χ3v) is 6.52. The van der Waals surface area contributed by atoms with E-state index in [4.69, 9.17) is 10.5 Å². The molecule has 3 amide bonds. The maximum atomic E-state index is 13.5. The summed E-state index contributed by atoms with van der Waals surface area (Å²) < 4.78 is 20.3. The van der Waals surface area contributed by atoms with Crippen molar-refractivity contribution in [2.24, 2.45) is 0 Å². The molecule has 0 spiro atoms. The van der Waals surface area contributed by atoms with Crippen molar-refractivity contribution >= 4 is 17.7 Å². The molecule has 0 unspecified atom stereocenters. The third kappa shape index (κ3) is 6.17. The molecular weight excluding hydrogens is 468 g/mol. The van der Waals surface area contributed by atoms with Crippen LogP contribution in [0.15, 0.2) is 83.0 Å². The van der Waals surface area contributed by atoms with E-state index in [9.17, 15) is 14.4 Å². The molecular formula is C30H30N2O5. The molecule has 2 heterocycles. The Bertz CT molecular complexity index is 1340. The summed E-state index contributed by atoms with van der Waals surface area (Å²) in [6.45, 7) is 0.783. The van der Waals surface area contributed by atoms with Crippen LogP contribution in [0.1, 0.15) is 55.8 Å². The van der Waals surface area contributed by atoms with Crippen molar-refractivity contribution in [3.63, 3.8) is 0 Å². The second-order valence-corrected chi connectivity index (χ2v) is 9.27. The molecule has 5 rings (SSSR count). The molecule has 0 bridgehead atoms. The molecule has 7 heteroatoms. The third-order valence-electron chi connectivity index (χ3n) is 6.52. The Balaban J connectivity index is 1.19. The number of ether oxygens (including phenoxy) is 1. The molecule has 0 atom stereocenters. The number of benzene rings is 2. The summed E-state index contributed by atoms with van der Waals surface area (Å²) in [7, 11) is 0. The molecule has 1 fully saturated rings. The van der Waals surface area contributed by atoms with Crippen molar-refractivity contribution in [3.8, 4) is 17.1 Å². The van der Waals surface area contributed by atoms with Gasteiger partial charge in [-0.05, 0) is 68.9 Å². The largest absolute Gasteiger partial charge is 0.493 e. The molecule has 2 aliphatic rings. The van der Waals surface area contributed by atoms with Crippen LogP contribution in [0.4, 0.5) is 0 Å². The summed E-state index contributed by atoms with van der Waals surface area (Å²) in [6.07, 6.45) is 7.29. The molecule has 1 aromatic heterocycles. The Morgan fingerprint density at radius 2 is 1.84 bits per heavy atom. The first-order valence-corrected chi connectivity index (χ1v) is 12.7. The summed E-state index contributed by atoms with van der Waals surface area (Å²) in [4.78, 5) is 38.0. The highest BCUT2D eigenvalue weighted by atomic mass is 16.5. The maximum absolute atomic E-state index is 13.5. The fourth-order valence-electron chi connectivity index (χ4n) is 4.39. The highest BCUT2D eigenvalue weighted by molar-refractivity contribution is 6.16. The minimum absolute atomic E-state index is 0.179. The normalized spacial score (nSPS) is 16.1. The Morgan fingerprint density at radius 1 is 1.03 bits per heavy atom. The van der Waals surface area contributed by atoms with Crippen molar-refractivity contribution in [2.45, 2.75) is 51.1 Å². The van der Waals surface area contributed by atoms with Crippen molar-refractivity contribution in [1.29, 1.82) is 0 Å². The monoisotopic (exact) mass is 499 g/mol. The smallest absolute Gasteiger partial charge is 0.254 e. The van der Waals surface area contributed by atoms with E-state index in [0.29, 0.717) is 42.8 Å². The average molecular weight is 500 g/mol. The lowest BCUT2D eigenvalue weighted by Gasteiger charge is -2.24. The number of amides is 3. The number of hydrogen-bond acceptors (Lipinski definition) is 5. The Kier molecular flexibility index (Phi) is 7.10. The minimum atomic E-state index is -0.910. The van der Waals surface area contributed by atoms with Gasteiger partial charge in [0.05, 0.1) is 14.2 Å². The number of imide groups is 1. The van der Waals surface area contributed by atoms with E-state index in [1.54, 1.807) is 23.3 Å². The first-order valence-electron chi connectivity index (χ1n) is 13.2. The molecule has 1 aliphatic carbocycles. The standard InChI is InChI=1S/C30H30N2O5/c33-28-19-23(29(34)31-28)7-2-1-5-17-36-27-9-4-3-8-24(27)20-32(25-15-16-25)30(35)22-13-11-21(12-14-22)26-10-6-18-37-26/h3-4,6,8-14,18-19,25H,1-2,5,7,15-17,20H2,(H,31,33,34)/i25D. The van der Waals surface area contributed by atoms with Gasteiger partial charge in [0.2, 0.25) is 0 Å². The summed E-state index contributed by atoms with van der Waals surface area (Å²) >= 11 is 0. The maximum Gasteiger partial charge on any atom is 0.254 e. The molecule has 7 nitrogen and oxygen atoms in total. The molecule has 3 aromatic rings. The van der Waals surface area contributed by atoms with E-state index >= 15 is 0 Å². The number of nitrogens with one attached hydrogen (secondary N) is 1. The number of carbonyl (C=O) groups excluding carboxylic acids is 3. The summed E-state index contributed by atoms with van der Waals surface area (Å²) in [5, 5.41) is 2.26. The van der Waals surface area contributed by atoms with Gasteiger partial charge in [-0.1, -0.05) is 30.3 Å². The van der Waals surface area contributed by atoms with Crippen LogP contribution >= 0.6 is 0 Å². The average Bonchev–Trinajstić information content (AvgIpc) is 3.29. The molecule has 1 aliphatic heterocycles. The number of hydrogen-bond donors (Lipinski definition) is 1. The number of unbranched alkanes of at least 4 members (excludes halogenated alkanes) is 2. The molecule has 0 radical (unpaired) electrons. The lowest BCUT2D eigenvalue weighted by molar-refractivity contribution is -0.123. The van der Waals surface area contributed by atoms with E-state index in [1.165, 1.54) is 6.08 Å². The molecule has 1 N–H and O–H groups in total. The van der Waals surface area contributed by atoms with Crippen molar-refractivity contribution in [1.82, 2.24) is 10.2 Å². The summed E-state index contributed by atoms with van der Waals surface area (Å²) in [6, 6.07) is 17.7. The van der Waals surface area contributed by atoms with Gasteiger partial charge in [0.15, 0.2) is 0 Å². The Hall–Kier alpha value is -4.13. The number of carbonyl (C=O) groups is 3. The number of nitrogens with zero attached hydrogens (tertiary/aromatic N) is 1. The Morgan fingerprint density at radius 3 is 2.54 bits per heavy atom. The fourth-order valence-corrected chi connectivity index (χ4v) is 4.39. The van der Waals surface area contributed by atoms with Crippen LogP contribution in [0.3, 0.4) is 0 Å². The highest BCUT2D eigenvalue weighted by Gasteiger charge is 2.33. The van der Waals surface area contributed by atoms with Crippen LogP contribution in [0.25, 0.3) is 11.3 Å². The van der Waals surface area contributed by atoms with Crippen molar-refractivity contribution in [2.75, 3.05) is 6.61 Å². The lowest BCUT2D eigenvalue weighted by Crippen LogP contribution is -2.32. The summed E-state index contributed by atoms with van der Waals surface area (Å²) in [5.74, 6) is 0.620. The van der Waals surface area contributed by atoms with Gasteiger partial charge in [-0.25, -0.2) is 0 Å².